The third kappa shape index (κ3) is 2.54. The van der Waals surface area contributed by atoms with Crippen LogP contribution in [0.4, 0.5) is 0 Å². The van der Waals surface area contributed by atoms with Crippen molar-refractivity contribution in [2.75, 3.05) is 7.05 Å². The van der Waals surface area contributed by atoms with Gasteiger partial charge in [0, 0.05) is 12.6 Å². The van der Waals surface area contributed by atoms with Gasteiger partial charge in [0.05, 0.1) is 0 Å². The molecule has 0 saturated carbocycles. The van der Waals surface area contributed by atoms with Gasteiger partial charge in [-0.1, -0.05) is 29.4 Å². The van der Waals surface area contributed by atoms with Gasteiger partial charge in [-0.25, -0.2) is 0 Å². The van der Waals surface area contributed by atoms with Crippen molar-refractivity contribution in [3.63, 3.8) is 0 Å². The van der Waals surface area contributed by atoms with Crippen LogP contribution in [0.3, 0.4) is 0 Å². The van der Waals surface area contributed by atoms with Crippen LogP contribution in [0.1, 0.15) is 21.7 Å². The first-order valence-corrected chi connectivity index (χ1v) is 6.10. The quantitative estimate of drug-likeness (QED) is 0.642. The molecule has 0 atom stereocenters. The number of aromatic nitrogens is 1. The predicted molar refractivity (Wildman–Crippen MR) is 76.4 cm³/mol. The molecule has 104 valence electrons. The Morgan fingerprint density at radius 2 is 2.05 bits per heavy atom. The fourth-order valence-corrected chi connectivity index (χ4v) is 1.90. The number of nitrogens with zero attached hydrogens (tertiary/aromatic N) is 2. The van der Waals surface area contributed by atoms with Crippen molar-refractivity contribution in [1.82, 2.24) is 10.5 Å². The van der Waals surface area contributed by atoms with E-state index in [9.17, 15) is 4.79 Å². The Morgan fingerprint density at radius 1 is 1.35 bits per heavy atom. The summed E-state index contributed by atoms with van der Waals surface area (Å²) >= 11 is 0. The van der Waals surface area contributed by atoms with E-state index in [0.29, 0.717) is 17.0 Å². The maximum Gasteiger partial charge on any atom is 0.263 e. The van der Waals surface area contributed by atoms with Gasteiger partial charge in [0.2, 0.25) is 0 Å². The lowest BCUT2D eigenvalue weighted by Gasteiger charge is -2.06. The minimum Gasteiger partial charge on any atom is -0.370 e. The predicted octanol–water partition coefficient (Wildman–Crippen LogP) is 1.63. The van der Waals surface area contributed by atoms with Gasteiger partial charge in [0.15, 0.2) is 5.96 Å². The van der Waals surface area contributed by atoms with Crippen LogP contribution in [0.15, 0.2) is 33.8 Å². The molecule has 1 amide bonds. The zero-order valence-electron chi connectivity index (χ0n) is 11.6. The molecule has 3 N–H and O–H groups in total. The monoisotopic (exact) mass is 272 g/mol. The number of aryl methyl sites for hydroxylation is 2. The van der Waals surface area contributed by atoms with E-state index in [-0.39, 0.29) is 11.9 Å². The molecular weight excluding hydrogens is 256 g/mol. The third-order valence-electron chi connectivity index (χ3n) is 2.97. The van der Waals surface area contributed by atoms with Crippen molar-refractivity contribution in [3.8, 4) is 11.3 Å². The Labute approximate surface area is 116 Å². The highest BCUT2D eigenvalue weighted by Gasteiger charge is 2.22. The molecule has 0 spiro atoms. The van der Waals surface area contributed by atoms with Gasteiger partial charge < -0.3 is 10.3 Å². The molecule has 1 heterocycles. The number of benzene rings is 1. The average molecular weight is 272 g/mol. The summed E-state index contributed by atoms with van der Waals surface area (Å²) in [6, 6.07) is 7.65. The molecule has 0 aliphatic rings. The van der Waals surface area contributed by atoms with E-state index in [1.165, 1.54) is 7.05 Å². The van der Waals surface area contributed by atoms with Crippen molar-refractivity contribution in [1.29, 1.82) is 0 Å². The van der Waals surface area contributed by atoms with Crippen molar-refractivity contribution in [2.24, 2.45) is 10.7 Å². The van der Waals surface area contributed by atoms with Crippen LogP contribution >= 0.6 is 0 Å². The van der Waals surface area contributed by atoms with Gasteiger partial charge in [0.25, 0.3) is 5.91 Å². The first-order valence-electron chi connectivity index (χ1n) is 6.10. The van der Waals surface area contributed by atoms with Crippen LogP contribution in [0.5, 0.6) is 0 Å². The normalized spacial score (nSPS) is 11.4. The van der Waals surface area contributed by atoms with Gasteiger partial charge >= 0.3 is 0 Å². The maximum atomic E-state index is 12.2. The second-order valence-electron chi connectivity index (χ2n) is 4.34. The molecule has 6 heteroatoms. The number of hydrogen-bond donors (Lipinski definition) is 2. The van der Waals surface area contributed by atoms with E-state index in [2.05, 4.69) is 15.5 Å². The topological polar surface area (TPSA) is 93.5 Å². The Balaban J connectivity index is 2.48. The summed E-state index contributed by atoms with van der Waals surface area (Å²) in [7, 11) is 1.50. The summed E-state index contributed by atoms with van der Waals surface area (Å²) in [6.45, 7) is 3.63. The van der Waals surface area contributed by atoms with Crippen molar-refractivity contribution in [2.45, 2.75) is 13.8 Å². The summed E-state index contributed by atoms with van der Waals surface area (Å²) in [5.41, 5.74) is 8.24. The molecule has 0 saturated heterocycles. The minimum absolute atomic E-state index is 0.0475. The lowest BCUT2D eigenvalue weighted by molar-refractivity contribution is 0.0975. The first kappa shape index (κ1) is 13.8. The van der Waals surface area contributed by atoms with E-state index < -0.39 is 0 Å². The second kappa shape index (κ2) is 5.56. The molecule has 6 nitrogen and oxygen atoms in total. The summed E-state index contributed by atoms with van der Waals surface area (Å²) in [5.74, 6) is 0.0982. The van der Waals surface area contributed by atoms with Gasteiger partial charge in [0.1, 0.15) is 17.0 Å². The smallest absolute Gasteiger partial charge is 0.263 e. The van der Waals surface area contributed by atoms with Crippen LogP contribution in [-0.4, -0.2) is 24.1 Å². The zero-order valence-corrected chi connectivity index (χ0v) is 11.6. The van der Waals surface area contributed by atoms with E-state index in [4.69, 9.17) is 10.3 Å². The second-order valence-corrected chi connectivity index (χ2v) is 4.34. The largest absolute Gasteiger partial charge is 0.370 e. The molecule has 0 unspecified atom stereocenters. The number of amides is 1. The molecule has 0 bridgehead atoms. The van der Waals surface area contributed by atoms with E-state index in [1.807, 2.05) is 31.2 Å². The highest BCUT2D eigenvalue weighted by Crippen LogP contribution is 2.27. The lowest BCUT2D eigenvalue weighted by atomic mass is 10.0. The molecule has 0 radical (unpaired) electrons. The standard InChI is InChI=1S/C14H16N4O2/c1-8-6-4-5-7-10(8)12-11(9(2)20-18-12)13(19)17-14(15)16-3/h4-7H,1-3H3,(H3,15,16,17,19). The van der Waals surface area contributed by atoms with Crippen LogP contribution in [0, 0.1) is 13.8 Å². The number of carbonyl (C=O) groups is 1. The number of hydrogen-bond acceptors (Lipinski definition) is 4. The number of nitrogens with two attached hydrogens (primary N) is 1. The van der Waals surface area contributed by atoms with E-state index >= 15 is 0 Å². The van der Waals surface area contributed by atoms with Gasteiger partial charge in [-0.3, -0.25) is 15.1 Å². The summed E-state index contributed by atoms with van der Waals surface area (Å²) in [4.78, 5) is 15.9. The van der Waals surface area contributed by atoms with Gasteiger partial charge in [-0.2, -0.15) is 0 Å². The average Bonchev–Trinajstić information content (AvgIpc) is 2.81. The molecular formula is C14H16N4O2. The van der Waals surface area contributed by atoms with Gasteiger partial charge in [-0.05, 0) is 19.4 Å². The number of aliphatic imine (C=N–C) groups is 1. The fraction of sp³-hybridized carbons (Fsp3) is 0.214. The highest BCUT2D eigenvalue weighted by atomic mass is 16.5. The fourth-order valence-electron chi connectivity index (χ4n) is 1.90. The number of carbonyl (C=O) groups excluding carboxylic acids is 1. The Hall–Kier alpha value is -2.63. The van der Waals surface area contributed by atoms with E-state index in [0.717, 1.165) is 11.1 Å². The maximum absolute atomic E-state index is 12.2. The molecule has 20 heavy (non-hydrogen) atoms. The van der Waals surface area contributed by atoms with Gasteiger partial charge in [-0.15, -0.1) is 0 Å². The molecule has 2 rings (SSSR count). The number of guanidine groups is 1. The van der Waals surface area contributed by atoms with E-state index in [1.54, 1.807) is 6.92 Å². The molecule has 2 aromatic rings. The Bertz CT molecular complexity index is 674. The van der Waals surface area contributed by atoms with Crippen molar-refractivity contribution < 1.29 is 9.32 Å². The summed E-state index contributed by atoms with van der Waals surface area (Å²) < 4.78 is 5.15. The third-order valence-corrected chi connectivity index (χ3v) is 2.97. The van der Waals surface area contributed by atoms with Crippen molar-refractivity contribution in [3.05, 3.63) is 41.2 Å². The molecule has 1 aromatic heterocycles. The Morgan fingerprint density at radius 3 is 2.70 bits per heavy atom. The highest BCUT2D eigenvalue weighted by molar-refractivity contribution is 6.08. The molecule has 0 aliphatic carbocycles. The minimum atomic E-state index is -0.384. The first-order chi connectivity index (χ1) is 9.54. The Kier molecular flexibility index (Phi) is 3.84. The lowest BCUT2D eigenvalue weighted by Crippen LogP contribution is -2.36. The summed E-state index contributed by atoms with van der Waals surface area (Å²) in [5, 5.41) is 6.48. The molecule has 1 aromatic carbocycles. The van der Waals surface area contributed by atoms with Crippen LogP contribution in [0.25, 0.3) is 11.3 Å². The van der Waals surface area contributed by atoms with Crippen LogP contribution in [0.2, 0.25) is 0 Å². The summed E-state index contributed by atoms with van der Waals surface area (Å²) in [6.07, 6.45) is 0. The van der Waals surface area contributed by atoms with Crippen LogP contribution < -0.4 is 11.1 Å². The number of rotatable bonds is 2. The number of nitrogens with one attached hydrogen (secondary N) is 1. The molecule has 0 fully saturated rings. The zero-order chi connectivity index (χ0) is 14.7. The SMILES string of the molecule is CN=C(N)NC(=O)c1c(-c2ccccc2C)noc1C. The van der Waals surface area contributed by atoms with Crippen LogP contribution in [-0.2, 0) is 0 Å². The molecule has 0 aliphatic heterocycles. The van der Waals surface area contributed by atoms with Crippen molar-refractivity contribution >= 4 is 11.9 Å².